The Balaban J connectivity index is 2.28. The Morgan fingerprint density at radius 2 is 2.26 bits per heavy atom. The Kier molecular flexibility index (Phi) is 4.63. The smallest absolute Gasteiger partial charge is 0.131 e. The minimum absolute atomic E-state index is 0.234. The van der Waals surface area contributed by atoms with Gasteiger partial charge in [0.2, 0.25) is 0 Å². The molecule has 4 nitrogen and oxygen atoms in total. The lowest BCUT2D eigenvalue weighted by atomic mass is 10.1. The molecule has 19 heavy (non-hydrogen) atoms. The first-order valence-corrected chi connectivity index (χ1v) is 7.34. The van der Waals surface area contributed by atoms with Crippen molar-refractivity contribution in [2.75, 3.05) is 18.6 Å². The molecule has 5 heteroatoms. The van der Waals surface area contributed by atoms with Crippen molar-refractivity contribution >= 4 is 17.3 Å². The summed E-state index contributed by atoms with van der Waals surface area (Å²) in [4.78, 5) is 11.2. The highest BCUT2D eigenvalue weighted by Crippen LogP contribution is 2.27. The topological polar surface area (TPSA) is 38.2 Å². The van der Waals surface area contributed by atoms with Crippen molar-refractivity contribution < 1.29 is 4.74 Å². The predicted molar refractivity (Wildman–Crippen MR) is 77.9 cm³/mol. The lowest BCUT2D eigenvalue weighted by molar-refractivity contribution is 0.118. The van der Waals surface area contributed by atoms with E-state index in [0.29, 0.717) is 17.8 Å². The Morgan fingerprint density at radius 1 is 1.53 bits per heavy atom. The van der Waals surface area contributed by atoms with Gasteiger partial charge in [0.05, 0.1) is 35.6 Å². The lowest BCUT2D eigenvalue weighted by Crippen LogP contribution is -2.37. The number of ether oxygens (including phenoxy) is 1. The molecule has 2 unspecified atom stereocenters. The molecule has 1 fully saturated rings. The van der Waals surface area contributed by atoms with E-state index in [1.165, 1.54) is 0 Å². The van der Waals surface area contributed by atoms with Gasteiger partial charge in [-0.2, -0.15) is 0 Å². The van der Waals surface area contributed by atoms with Crippen molar-refractivity contribution in [2.24, 2.45) is 0 Å². The zero-order valence-electron chi connectivity index (χ0n) is 12.1. The van der Waals surface area contributed by atoms with Gasteiger partial charge in [-0.05, 0) is 13.3 Å². The first-order valence-electron chi connectivity index (χ1n) is 6.80. The molecule has 0 saturated carbocycles. The molecular weight excluding hydrogens is 262 g/mol. The first-order chi connectivity index (χ1) is 9.04. The van der Waals surface area contributed by atoms with Gasteiger partial charge in [0, 0.05) is 19.6 Å². The molecule has 0 aliphatic carbocycles. The molecule has 2 heterocycles. The molecule has 1 aliphatic heterocycles. The van der Waals surface area contributed by atoms with Crippen LogP contribution in [0.4, 0.5) is 5.69 Å². The summed E-state index contributed by atoms with van der Waals surface area (Å²) in [6.45, 7) is 7.10. The predicted octanol–water partition coefficient (Wildman–Crippen LogP) is 2.95. The Hall–Kier alpha value is -0.870. The fraction of sp³-hybridized carbons (Fsp3) is 0.714. The van der Waals surface area contributed by atoms with Gasteiger partial charge in [-0.1, -0.05) is 13.8 Å². The average Bonchev–Trinajstić information content (AvgIpc) is 2.83. The monoisotopic (exact) mass is 283 g/mol. The molecule has 0 radical (unpaired) electrons. The maximum Gasteiger partial charge on any atom is 0.131 e. The molecule has 106 valence electrons. The number of alkyl halides is 1. The zero-order chi connectivity index (χ0) is 14.0. The van der Waals surface area contributed by atoms with Crippen LogP contribution in [0.5, 0.6) is 0 Å². The molecule has 0 bridgehead atoms. The highest BCUT2D eigenvalue weighted by molar-refractivity contribution is 6.17. The van der Waals surface area contributed by atoms with Crippen molar-refractivity contribution in [3.05, 3.63) is 17.7 Å². The van der Waals surface area contributed by atoms with Gasteiger partial charge in [-0.3, -0.25) is 0 Å². The normalized spacial score (nSPS) is 23.1. The van der Waals surface area contributed by atoms with E-state index in [1.54, 1.807) is 0 Å². The van der Waals surface area contributed by atoms with Crippen LogP contribution >= 0.6 is 11.6 Å². The molecule has 1 aromatic rings. The highest BCUT2D eigenvalue weighted by Gasteiger charge is 2.29. The molecule has 1 aromatic heterocycles. The molecule has 1 saturated heterocycles. The third kappa shape index (κ3) is 3.00. The maximum atomic E-state index is 6.05. The molecule has 2 atom stereocenters. The number of aromatic nitrogens is 2. The maximum absolute atomic E-state index is 6.05. The summed E-state index contributed by atoms with van der Waals surface area (Å²) in [6, 6.07) is 0.371. The summed E-state index contributed by atoms with van der Waals surface area (Å²) in [6.07, 6.45) is 3.16. The van der Waals surface area contributed by atoms with Crippen molar-refractivity contribution in [3.63, 3.8) is 0 Å². The minimum Gasteiger partial charge on any atom is -0.376 e. The van der Waals surface area contributed by atoms with Crippen LogP contribution in [0.2, 0.25) is 0 Å². The van der Waals surface area contributed by atoms with E-state index in [4.69, 9.17) is 16.3 Å². The van der Waals surface area contributed by atoms with Crippen LogP contribution in [0, 0.1) is 0 Å². The van der Waals surface area contributed by atoms with Crippen LogP contribution in [0.15, 0.2) is 6.20 Å². The third-order valence-electron chi connectivity index (χ3n) is 3.72. The number of halogens is 1. The molecule has 0 spiro atoms. The Labute approximate surface area is 120 Å². The number of hydrogen-bond acceptors (Lipinski definition) is 4. The molecular formula is C14H22ClN3O. The molecule has 0 N–H and O–H groups in total. The Morgan fingerprint density at radius 3 is 2.79 bits per heavy atom. The number of anilines is 1. The van der Waals surface area contributed by atoms with E-state index < -0.39 is 0 Å². The van der Waals surface area contributed by atoms with Gasteiger partial charge in [-0.15, -0.1) is 11.6 Å². The SMILES string of the molecule is CC(C)c1ncc(N(C)C2CCOC2C)c(CCl)n1. The standard InChI is InChI=1S/C14H22ClN3O/c1-9(2)14-16-8-13(11(7-15)17-14)18(4)12-5-6-19-10(12)3/h8-10,12H,5-7H2,1-4H3. The van der Waals surface area contributed by atoms with Crippen LogP contribution in [0.1, 0.15) is 44.6 Å². The van der Waals surface area contributed by atoms with Crippen molar-refractivity contribution in [3.8, 4) is 0 Å². The second kappa shape index (κ2) is 6.06. The van der Waals surface area contributed by atoms with E-state index in [9.17, 15) is 0 Å². The highest BCUT2D eigenvalue weighted by atomic mass is 35.5. The van der Waals surface area contributed by atoms with E-state index in [2.05, 4.69) is 42.7 Å². The van der Waals surface area contributed by atoms with Gasteiger partial charge < -0.3 is 9.64 Å². The van der Waals surface area contributed by atoms with E-state index in [-0.39, 0.29) is 6.10 Å². The molecule has 0 aromatic carbocycles. The van der Waals surface area contributed by atoms with Crippen LogP contribution in [-0.4, -0.2) is 35.8 Å². The van der Waals surface area contributed by atoms with Gasteiger partial charge in [0.1, 0.15) is 5.82 Å². The van der Waals surface area contributed by atoms with Gasteiger partial charge in [0.15, 0.2) is 0 Å². The van der Waals surface area contributed by atoms with Gasteiger partial charge >= 0.3 is 0 Å². The fourth-order valence-corrected chi connectivity index (χ4v) is 2.70. The number of rotatable bonds is 4. The summed E-state index contributed by atoms with van der Waals surface area (Å²) in [5, 5.41) is 0. The second-order valence-corrected chi connectivity index (χ2v) is 5.66. The number of hydrogen-bond donors (Lipinski definition) is 0. The first kappa shape index (κ1) is 14.5. The lowest BCUT2D eigenvalue weighted by Gasteiger charge is -2.29. The molecule has 0 amide bonds. The van der Waals surface area contributed by atoms with Crippen molar-refractivity contribution in [1.29, 1.82) is 0 Å². The van der Waals surface area contributed by atoms with Crippen molar-refractivity contribution in [2.45, 2.75) is 51.1 Å². The fourth-order valence-electron chi connectivity index (χ4n) is 2.51. The summed E-state index contributed by atoms with van der Waals surface area (Å²) < 4.78 is 5.63. The second-order valence-electron chi connectivity index (χ2n) is 5.39. The third-order valence-corrected chi connectivity index (χ3v) is 3.97. The van der Waals surface area contributed by atoms with Crippen LogP contribution in [-0.2, 0) is 10.6 Å². The summed E-state index contributed by atoms with van der Waals surface area (Å²) in [7, 11) is 2.07. The van der Waals surface area contributed by atoms with Gasteiger partial charge in [0.25, 0.3) is 0 Å². The molecule has 1 aliphatic rings. The van der Waals surface area contributed by atoms with E-state index in [1.807, 2.05) is 6.20 Å². The minimum atomic E-state index is 0.234. The molecule has 2 rings (SSSR count). The largest absolute Gasteiger partial charge is 0.376 e. The summed E-state index contributed by atoms with van der Waals surface area (Å²) in [5.74, 6) is 1.57. The number of likely N-dealkylation sites (N-methyl/N-ethyl adjacent to an activating group) is 1. The number of nitrogens with zero attached hydrogens (tertiary/aromatic N) is 3. The summed E-state index contributed by atoms with van der Waals surface area (Å²) >= 11 is 6.05. The summed E-state index contributed by atoms with van der Waals surface area (Å²) in [5.41, 5.74) is 1.92. The Bertz CT molecular complexity index is 439. The van der Waals surface area contributed by atoms with Gasteiger partial charge in [-0.25, -0.2) is 9.97 Å². The van der Waals surface area contributed by atoms with Crippen LogP contribution in [0.3, 0.4) is 0 Å². The van der Waals surface area contributed by atoms with E-state index in [0.717, 1.165) is 30.2 Å². The van der Waals surface area contributed by atoms with Crippen molar-refractivity contribution in [1.82, 2.24) is 9.97 Å². The van der Waals surface area contributed by atoms with Crippen LogP contribution in [0.25, 0.3) is 0 Å². The quantitative estimate of drug-likeness (QED) is 0.797. The average molecular weight is 284 g/mol. The van der Waals surface area contributed by atoms with Crippen LogP contribution < -0.4 is 4.90 Å². The zero-order valence-corrected chi connectivity index (χ0v) is 12.8. The van der Waals surface area contributed by atoms with E-state index >= 15 is 0 Å².